The molecule has 144 valence electrons. The molecule has 2 aromatic rings. The quantitative estimate of drug-likeness (QED) is 0.803. The van der Waals surface area contributed by atoms with Crippen LogP contribution in [0.5, 0.6) is 0 Å². The van der Waals surface area contributed by atoms with Crippen LogP contribution in [0, 0.1) is 17.8 Å². The topological polar surface area (TPSA) is 46.2 Å². The van der Waals surface area contributed by atoms with E-state index in [0.29, 0.717) is 12.1 Å². The number of anilines is 1. The van der Waals surface area contributed by atoms with E-state index >= 15 is 0 Å². The molecule has 3 heterocycles. The van der Waals surface area contributed by atoms with E-state index in [0.717, 1.165) is 41.8 Å². The van der Waals surface area contributed by atoms with Crippen molar-refractivity contribution in [3.8, 4) is 11.3 Å². The molecule has 3 aliphatic rings. The number of aromatic nitrogens is 1. The van der Waals surface area contributed by atoms with Gasteiger partial charge in [0.25, 0.3) is 0 Å². The number of nitrogens with zero attached hydrogens (tertiary/aromatic N) is 1. The molecule has 5 heteroatoms. The largest absolute Gasteiger partial charge is 0.381 e. The van der Waals surface area contributed by atoms with Gasteiger partial charge in [-0.1, -0.05) is 30.3 Å². The molecular formula is C22H29N3OS. The molecule has 0 unspecified atom stereocenters. The number of nitrogens with one attached hydrogen (secondary N) is 2. The number of rotatable bonds is 5. The zero-order chi connectivity index (χ0) is 18.1. The highest BCUT2D eigenvalue weighted by molar-refractivity contribution is 7.14. The Bertz CT molecular complexity index is 743. The number of benzene rings is 1. The molecule has 2 N–H and O–H groups in total. The highest BCUT2D eigenvalue weighted by Gasteiger charge is 2.43. The van der Waals surface area contributed by atoms with Crippen LogP contribution in [0.2, 0.25) is 0 Å². The molecule has 2 aliphatic heterocycles. The Morgan fingerprint density at radius 1 is 1.15 bits per heavy atom. The van der Waals surface area contributed by atoms with Crippen LogP contribution in [0.4, 0.5) is 5.13 Å². The summed E-state index contributed by atoms with van der Waals surface area (Å²) >= 11 is 1.74. The van der Waals surface area contributed by atoms with Gasteiger partial charge >= 0.3 is 0 Å². The molecule has 3 fully saturated rings. The first-order valence-corrected chi connectivity index (χ1v) is 11.3. The molecule has 0 bridgehead atoms. The van der Waals surface area contributed by atoms with E-state index in [1.807, 2.05) is 0 Å². The second-order valence-electron chi connectivity index (χ2n) is 8.45. The average molecular weight is 384 g/mol. The fourth-order valence-corrected chi connectivity index (χ4v) is 6.11. The van der Waals surface area contributed by atoms with Gasteiger partial charge in [0.2, 0.25) is 0 Å². The summed E-state index contributed by atoms with van der Waals surface area (Å²) in [6.45, 7) is 3.12. The summed E-state index contributed by atoms with van der Waals surface area (Å²) in [6.07, 6.45) is 6.40. The van der Waals surface area contributed by atoms with E-state index in [2.05, 4.69) is 46.3 Å². The lowest BCUT2D eigenvalue weighted by Crippen LogP contribution is -2.32. The predicted octanol–water partition coefficient (Wildman–Crippen LogP) is 4.41. The molecule has 27 heavy (non-hydrogen) atoms. The Labute approximate surface area is 165 Å². The van der Waals surface area contributed by atoms with Crippen LogP contribution in [-0.2, 0) is 4.74 Å². The molecule has 1 aromatic heterocycles. The van der Waals surface area contributed by atoms with Crippen LogP contribution >= 0.6 is 11.3 Å². The fourth-order valence-electron chi connectivity index (χ4n) is 5.31. The molecule has 1 aromatic carbocycles. The minimum atomic E-state index is 0.578. The Hall–Kier alpha value is -1.43. The summed E-state index contributed by atoms with van der Waals surface area (Å²) < 4.78 is 5.53. The zero-order valence-corrected chi connectivity index (χ0v) is 16.6. The number of fused-ring (bicyclic) bond motifs is 1. The van der Waals surface area contributed by atoms with Crippen LogP contribution in [-0.4, -0.2) is 36.8 Å². The van der Waals surface area contributed by atoms with Gasteiger partial charge in [0.1, 0.15) is 0 Å². The third-order valence-corrected chi connectivity index (χ3v) is 7.51. The van der Waals surface area contributed by atoms with Crippen molar-refractivity contribution in [3.05, 3.63) is 35.7 Å². The Kier molecular flexibility index (Phi) is 5.16. The van der Waals surface area contributed by atoms with Crippen LogP contribution < -0.4 is 10.6 Å². The van der Waals surface area contributed by atoms with E-state index in [9.17, 15) is 0 Å². The maximum absolute atomic E-state index is 5.53. The van der Waals surface area contributed by atoms with Crippen molar-refractivity contribution in [3.63, 3.8) is 0 Å². The molecule has 4 nitrogen and oxygen atoms in total. The molecule has 1 aliphatic carbocycles. The second kappa shape index (κ2) is 7.90. The highest BCUT2D eigenvalue weighted by Crippen LogP contribution is 2.42. The molecule has 0 radical (unpaired) electrons. The van der Waals surface area contributed by atoms with E-state index < -0.39 is 0 Å². The molecular weight excluding hydrogens is 354 g/mol. The SMILES string of the molecule is c1ccc(-c2csc(N[C@H]3C[C@@H]4CN[C@@H](CC5CCOCC5)[C@H]4C3)n2)cc1. The lowest BCUT2D eigenvalue weighted by molar-refractivity contribution is 0.0594. The van der Waals surface area contributed by atoms with Gasteiger partial charge in [-0.2, -0.15) is 0 Å². The predicted molar refractivity (Wildman–Crippen MR) is 111 cm³/mol. The van der Waals surface area contributed by atoms with E-state index in [-0.39, 0.29) is 0 Å². The van der Waals surface area contributed by atoms with Crippen molar-refractivity contribution >= 4 is 16.5 Å². The van der Waals surface area contributed by atoms with Gasteiger partial charge in [0, 0.05) is 36.2 Å². The van der Waals surface area contributed by atoms with E-state index in [1.54, 1.807) is 11.3 Å². The molecule has 2 saturated heterocycles. The number of ether oxygens (including phenoxy) is 1. The number of hydrogen-bond donors (Lipinski definition) is 2. The van der Waals surface area contributed by atoms with Crippen LogP contribution in [0.25, 0.3) is 11.3 Å². The first-order valence-electron chi connectivity index (χ1n) is 10.4. The smallest absolute Gasteiger partial charge is 0.183 e. The van der Waals surface area contributed by atoms with Gasteiger partial charge in [0.15, 0.2) is 5.13 Å². The monoisotopic (exact) mass is 383 g/mol. The minimum absolute atomic E-state index is 0.578. The van der Waals surface area contributed by atoms with Crippen molar-refractivity contribution in [2.24, 2.45) is 17.8 Å². The normalized spacial score (nSPS) is 31.1. The van der Waals surface area contributed by atoms with E-state index in [1.165, 1.54) is 44.2 Å². The van der Waals surface area contributed by atoms with E-state index in [4.69, 9.17) is 9.72 Å². The Balaban J connectivity index is 1.18. The minimum Gasteiger partial charge on any atom is -0.381 e. The summed E-state index contributed by atoms with van der Waals surface area (Å²) in [7, 11) is 0. The highest BCUT2D eigenvalue weighted by atomic mass is 32.1. The van der Waals surface area contributed by atoms with Gasteiger partial charge in [0.05, 0.1) is 5.69 Å². The molecule has 0 amide bonds. The second-order valence-corrected chi connectivity index (χ2v) is 9.30. The standard InChI is InChI=1S/C22H29N3OS/c1-2-4-16(5-3-1)21-14-27-22(25-21)24-18-11-17-13-23-20(19(17)12-18)10-15-6-8-26-9-7-15/h1-5,14-15,17-20,23H,6-13H2,(H,24,25)/t17-,18+,19+,20+/m1/s1. The van der Waals surface area contributed by atoms with Crippen LogP contribution in [0.3, 0.4) is 0 Å². The van der Waals surface area contributed by atoms with Gasteiger partial charge in [-0.25, -0.2) is 4.98 Å². The lowest BCUT2D eigenvalue weighted by Gasteiger charge is -2.27. The van der Waals surface area contributed by atoms with Gasteiger partial charge in [-0.15, -0.1) is 11.3 Å². The number of thiazole rings is 1. The van der Waals surface area contributed by atoms with Crippen LogP contribution in [0.15, 0.2) is 35.7 Å². The summed E-state index contributed by atoms with van der Waals surface area (Å²) in [6, 6.07) is 11.8. The summed E-state index contributed by atoms with van der Waals surface area (Å²) in [4.78, 5) is 4.83. The summed E-state index contributed by atoms with van der Waals surface area (Å²) in [5.41, 5.74) is 2.28. The van der Waals surface area contributed by atoms with Crippen molar-refractivity contribution in [2.75, 3.05) is 25.1 Å². The van der Waals surface area contributed by atoms with Gasteiger partial charge in [-0.05, 0) is 56.4 Å². The molecule has 1 saturated carbocycles. The molecule has 0 spiro atoms. The maximum atomic E-state index is 5.53. The Morgan fingerprint density at radius 2 is 2.00 bits per heavy atom. The average Bonchev–Trinajstić information content (AvgIpc) is 3.42. The van der Waals surface area contributed by atoms with Crippen molar-refractivity contribution < 1.29 is 4.74 Å². The lowest BCUT2D eigenvalue weighted by atomic mass is 9.85. The van der Waals surface area contributed by atoms with Crippen molar-refractivity contribution in [1.82, 2.24) is 10.3 Å². The van der Waals surface area contributed by atoms with Gasteiger partial charge in [-0.3, -0.25) is 0 Å². The molecule has 5 rings (SSSR count). The van der Waals surface area contributed by atoms with Gasteiger partial charge < -0.3 is 15.4 Å². The van der Waals surface area contributed by atoms with Crippen molar-refractivity contribution in [2.45, 2.75) is 44.2 Å². The number of hydrogen-bond acceptors (Lipinski definition) is 5. The molecule has 4 atom stereocenters. The third kappa shape index (κ3) is 3.91. The van der Waals surface area contributed by atoms with Crippen molar-refractivity contribution in [1.29, 1.82) is 0 Å². The zero-order valence-electron chi connectivity index (χ0n) is 15.8. The third-order valence-electron chi connectivity index (χ3n) is 6.74. The maximum Gasteiger partial charge on any atom is 0.183 e. The summed E-state index contributed by atoms with van der Waals surface area (Å²) in [5, 5.41) is 10.8. The first-order chi connectivity index (χ1) is 13.3. The fraction of sp³-hybridized carbons (Fsp3) is 0.591. The van der Waals surface area contributed by atoms with Crippen LogP contribution in [0.1, 0.15) is 32.1 Å². The summed E-state index contributed by atoms with van der Waals surface area (Å²) in [5.74, 6) is 2.52. The first kappa shape index (κ1) is 17.7. The Morgan fingerprint density at radius 3 is 2.85 bits per heavy atom.